The Morgan fingerprint density at radius 2 is 0.575 bits per heavy atom. The minimum atomic E-state index is -4.07. The number of carbonyl (C=O) groups excluding carboxylic acids is 3. The van der Waals surface area contributed by atoms with Crippen molar-refractivity contribution in [3.63, 3.8) is 0 Å². The third-order valence-electron chi connectivity index (χ3n) is 16.9. The summed E-state index contributed by atoms with van der Waals surface area (Å²) in [5.74, 6) is -1.34. The van der Waals surface area contributed by atoms with Gasteiger partial charge in [-0.2, -0.15) is 0 Å². The van der Waals surface area contributed by atoms with Crippen molar-refractivity contribution >= 4 is 80.9 Å². The molecule has 3 saturated heterocycles. The highest BCUT2D eigenvalue weighted by Crippen LogP contribution is 2.46. The van der Waals surface area contributed by atoms with Crippen LogP contribution in [-0.4, -0.2) is 307 Å². The van der Waals surface area contributed by atoms with Crippen molar-refractivity contribution < 1.29 is 159 Å². The quantitative estimate of drug-likeness (QED) is 0.0304. The predicted molar refractivity (Wildman–Crippen MR) is 393 cm³/mol. The lowest BCUT2D eigenvalue weighted by Gasteiger charge is -2.42. The van der Waals surface area contributed by atoms with Gasteiger partial charge in [-0.3, -0.25) is 18.9 Å². The molecule has 106 heavy (non-hydrogen) atoms. The van der Waals surface area contributed by atoms with Crippen LogP contribution in [0.2, 0.25) is 0 Å². The maximum atomic E-state index is 12.6. The molecule has 0 aromatic rings. The molecular formula is C63H123N3O33P4S3. The number of ether oxygens (including phenoxy) is 9. The number of carbonyl (C=O) groups is 3. The second-order valence-corrected chi connectivity index (χ2v) is 36.9. The maximum Gasteiger partial charge on any atom is 0.325 e. The Kier molecular flexibility index (Phi) is 51.8. The molecule has 0 aromatic heterocycles. The van der Waals surface area contributed by atoms with Gasteiger partial charge in [0.2, 0.25) is 17.7 Å². The second-order valence-electron chi connectivity index (χ2n) is 26.5. The number of amides is 3. The van der Waals surface area contributed by atoms with E-state index in [9.17, 15) is 84.5 Å². The van der Waals surface area contributed by atoms with E-state index in [-0.39, 0.29) is 125 Å². The molecule has 0 aliphatic carbocycles. The van der Waals surface area contributed by atoms with Gasteiger partial charge < -0.3 is 156 Å². The van der Waals surface area contributed by atoms with Crippen LogP contribution in [0.25, 0.3) is 0 Å². The first-order valence-electron chi connectivity index (χ1n) is 36.4. The number of nitrogens with one attached hydrogen (secondary N) is 3. The highest BCUT2D eigenvalue weighted by atomic mass is 32.5. The van der Waals surface area contributed by atoms with Crippen LogP contribution in [0.5, 0.6) is 0 Å². The van der Waals surface area contributed by atoms with E-state index in [1.165, 1.54) is 20.8 Å². The number of hydrogen-bond acceptors (Lipinski definition) is 32. The van der Waals surface area contributed by atoms with Gasteiger partial charge in [0.05, 0.1) is 91.3 Å². The molecule has 3 aliphatic rings. The predicted octanol–water partition coefficient (Wildman–Crippen LogP) is 1.68. The Balaban J connectivity index is 1.43. The largest absolute Gasteiger partial charge is 0.394 e. The van der Waals surface area contributed by atoms with Crippen molar-refractivity contribution in [1.82, 2.24) is 16.0 Å². The molecule has 0 bridgehead atoms. The Hall–Kier alpha value is -0.570. The molecule has 16 N–H and O–H groups in total. The first-order valence-corrected chi connectivity index (χ1v) is 46.2. The van der Waals surface area contributed by atoms with Crippen molar-refractivity contribution in [3.05, 3.63) is 0 Å². The molecule has 626 valence electrons. The second kappa shape index (κ2) is 55.1. The molecule has 19 atom stereocenters. The van der Waals surface area contributed by atoms with Gasteiger partial charge >= 0.3 is 27.8 Å². The van der Waals surface area contributed by atoms with Gasteiger partial charge in [-0.15, -0.1) is 0 Å². The van der Waals surface area contributed by atoms with Crippen molar-refractivity contribution in [1.29, 1.82) is 0 Å². The zero-order valence-electron chi connectivity index (χ0n) is 61.4. The highest BCUT2D eigenvalue weighted by molar-refractivity contribution is 8.07. The van der Waals surface area contributed by atoms with Crippen LogP contribution in [0.15, 0.2) is 0 Å². The maximum absolute atomic E-state index is 12.6. The van der Waals surface area contributed by atoms with E-state index < -0.39 is 163 Å². The minimum Gasteiger partial charge on any atom is -0.394 e. The number of rotatable bonds is 63. The summed E-state index contributed by atoms with van der Waals surface area (Å²) in [6.07, 6.45) is -0.606. The molecule has 4 unspecified atom stereocenters. The van der Waals surface area contributed by atoms with Gasteiger partial charge in [0.15, 0.2) is 18.9 Å². The monoisotopic (exact) mass is 1670 g/mol. The molecule has 0 spiro atoms. The smallest absolute Gasteiger partial charge is 0.325 e. The Bertz CT molecular complexity index is 2350. The summed E-state index contributed by atoms with van der Waals surface area (Å²) >= 11 is 15.7. The fraction of sp³-hybridized carbons (Fsp3) is 0.952. The molecule has 3 aliphatic heterocycles. The molecule has 0 aromatic carbocycles. The first-order chi connectivity index (χ1) is 50.3. The summed E-state index contributed by atoms with van der Waals surface area (Å²) in [6, 6.07) is -3.05. The van der Waals surface area contributed by atoms with Gasteiger partial charge in [-0.25, -0.2) is 0 Å². The van der Waals surface area contributed by atoms with E-state index >= 15 is 0 Å². The normalized spacial score (nSPS) is 27.8. The van der Waals surface area contributed by atoms with E-state index in [0.717, 1.165) is 83.7 Å². The SMILES string of the molecule is CC(=O)N[C@@H]1[C@H](OCCCCCCCCOP(O)(=S)OCCCOCC(COCCCOP(O)(=S)OCCCCCCCCO[C@@H]2O[C@H](CO)[C@H](O)[C@H](O)[C@@H]2NC(C)=O)(COCCCOP(O)(=S)OCCCCCCCCO[C@@H]2O[C@H](CO)[C@H](O)[C@H](O)[C@@H]2NC(C)=O)COP(C)(=O)O)O[C@H](CO)[C@H](O)[C@@H]1O. The van der Waals surface area contributed by atoms with E-state index in [1.807, 2.05) is 0 Å². The van der Waals surface area contributed by atoms with Crippen LogP contribution in [0, 0.1) is 5.41 Å². The summed E-state index contributed by atoms with van der Waals surface area (Å²) < 4.78 is 104. The van der Waals surface area contributed by atoms with Gasteiger partial charge in [0, 0.05) is 67.1 Å². The van der Waals surface area contributed by atoms with Crippen molar-refractivity contribution in [2.24, 2.45) is 5.41 Å². The molecular weight excluding hydrogens is 1550 g/mol. The van der Waals surface area contributed by atoms with Crippen molar-refractivity contribution in [3.8, 4) is 0 Å². The van der Waals surface area contributed by atoms with E-state index in [0.29, 0.717) is 38.5 Å². The van der Waals surface area contributed by atoms with E-state index in [1.54, 1.807) is 0 Å². The number of aliphatic hydroxyl groups excluding tert-OH is 9. The minimum absolute atomic E-state index is 0.0298. The molecule has 43 heteroatoms. The lowest BCUT2D eigenvalue weighted by atomic mass is 9.92. The van der Waals surface area contributed by atoms with E-state index in [4.69, 9.17) is 110 Å². The number of unbranched alkanes of at least 4 members (excludes halogenated alkanes) is 15. The molecule has 3 fully saturated rings. The third-order valence-corrected chi connectivity index (χ3v) is 22.4. The fourth-order valence-electron chi connectivity index (χ4n) is 11.2. The summed E-state index contributed by atoms with van der Waals surface area (Å²) in [6.45, 7) is -7.04. The highest BCUT2D eigenvalue weighted by Gasteiger charge is 2.48. The molecule has 0 saturated carbocycles. The van der Waals surface area contributed by atoms with Crippen LogP contribution in [-0.2, 0) is 129 Å². The lowest BCUT2D eigenvalue weighted by Crippen LogP contribution is -2.64. The number of aliphatic hydroxyl groups is 9. The fourth-order valence-corrected chi connectivity index (χ4v) is 15.5. The number of hydrogen-bond donors (Lipinski definition) is 16. The van der Waals surface area contributed by atoms with Crippen LogP contribution < -0.4 is 16.0 Å². The zero-order chi connectivity index (χ0) is 78.6. The summed E-state index contributed by atoms with van der Waals surface area (Å²) in [4.78, 5) is 77.6. The van der Waals surface area contributed by atoms with Gasteiger partial charge in [-0.05, 0) is 93.2 Å². The van der Waals surface area contributed by atoms with Crippen molar-refractivity contribution in [2.45, 2.75) is 248 Å². The van der Waals surface area contributed by atoms with Crippen molar-refractivity contribution in [2.75, 3.05) is 132 Å². The van der Waals surface area contributed by atoms with Gasteiger partial charge in [-0.1, -0.05) is 77.0 Å². The van der Waals surface area contributed by atoms with Crippen LogP contribution in [0.3, 0.4) is 0 Å². The standard InChI is InChI=1S/C63H123N3O33P4S3/c1-45(70)64-51-57(76)54(73)48(38-67)97-60(51)87-29-17-11-5-8-14-20-32-90-101(81,104)93-35-23-26-84-41-63(44-96-100(4,79)80,42-85-27-24-36-94-102(82,105)91-33-21-15-9-6-12-18-30-88-61-52(65-46(2)71)58(77)55(74)49(39-68)98-61)43-86-28-25-37-95-103(83,106)92-34-22-16-10-7-13-19-31-89-62-53(66-47(3)72)59(78)56(75)50(40-69)99-62/h48-62,67-69,73-78H,5-44H2,1-4H3,(H,64,70)(H,65,71)(H,66,72)(H,79,80)(H,81,104)(H,82,105)(H,83,106)/t48-,49-,50-,51+,52+,53+,54+,55+,56+,57-,58-,59-,60-,61-,62-,63?,101?,102?,103?/m1/s1. The molecule has 36 nitrogen and oxygen atoms in total. The van der Waals surface area contributed by atoms with Crippen LogP contribution >= 0.6 is 27.8 Å². The Labute approximate surface area is 637 Å². The van der Waals surface area contributed by atoms with Gasteiger partial charge in [0.1, 0.15) is 73.1 Å². The third kappa shape index (κ3) is 42.7. The average Bonchev–Trinajstić information content (AvgIpc) is 0.819. The molecule has 3 rings (SSSR count). The molecule has 3 heterocycles. The average molecular weight is 1670 g/mol. The summed E-state index contributed by atoms with van der Waals surface area (Å²) in [7, 11) is -4.07. The summed E-state index contributed by atoms with van der Waals surface area (Å²) in [5.41, 5.74) is -1.20. The summed E-state index contributed by atoms with van der Waals surface area (Å²) in [5, 5.41) is 98.3. The topological polar surface area (TPSA) is 515 Å². The van der Waals surface area contributed by atoms with E-state index in [2.05, 4.69) is 16.0 Å². The lowest BCUT2D eigenvalue weighted by molar-refractivity contribution is -0.270. The zero-order valence-corrected chi connectivity index (χ0v) is 67.5. The first kappa shape index (κ1) is 99.6. The Morgan fingerprint density at radius 1 is 0.349 bits per heavy atom. The van der Waals surface area contributed by atoms with Crippen LogP contribution in [0.4, 0.5) is 0 Å². The molecule has 0 radical (unpaired) electrons. The van der Waals surface area contributed by atoms with Gasteiger partial charge in [0.25, 0.3) is 0 Å². The Morgan fingerprint density at radius 3 is 0.802 bits per heavy atom. The molecule has 3 amide bonds. The van der Waals surface area contributed by atoms with Crippen LogP contribution in [0.1, 0.15) is 156 Å².